The summed E-state index contributed by atoms with van der Waals surface area (Å²) in [6.07, 6.45) is -0.191. The van der Waals surface area contributed by atoms with E-state index in [9.17, 15) is 19.1 Å². The molecule has 172 valence electrons. The van der Waals surface area contributed by atoms with Crippen molar-refractivity contribution in [3.05, 3.63) is 57.8 Å². The van der Waals surface area contributed by atoms with Gasteiger partial charge < -0.3 is 25.2 Å². The van der Waals surface area contributed by atoms with Gasteiger partial charge in [0.05, 0.1) is 11.1 Å². The summed E-state index contributed by atoms with van der Waals surface area (Å²) in [5.41, 5.74) is 0.572. The molecule has 32 heavy (non-hydrogen) atoms. The standard InChI is InChI=1S/C22H23Cl2FN2O5/c23-13-3-6-19-15(9-13)18(28)11-20(32-19)22(30)27-8-2-1-7-26-21(29)12-31-14-4-5-16(24)17(25)10-14/h3-6,9-10,18,20,28H,1-2,7-8,11-12H2,(H,26,29)(H,27,30)/t18-,20-/m0/s1. The van der Waals surface area contributed by atoms with Gasteiger partial charge in [-0.3, -0.25) is 9.59 Å². The zero-order chi connectivity index (χ0) is 23.1. The Kier molecular flexibility index (Phi) is 8.55. The molecule has 0 spiro atoms. The molecule has 3 N–H and O–H groups in total. The van der Waals surface area contributed by atoms with Gasteiger partial charge >= 0.3 is 0 Å². The normalized spacial score (nSPS) is 17.1. The van der Waals surface area contributed by atoms with Crippen LogP contribution in [0.25, 0.3) is 0 Å². The number of unbranched alkanes of at least 4 members (excludes halogenated alkanes) is 1. The van der Waals surface area contributed by atoms with Gasteiger partial charge in [0.15, 0.2) is 12.7 Å². The van der Waals surface area contributed by atoms with Crippen LogP contribution in [0.1, 0.15) is 30.9 Å². The lowest BCUT2D eigenvalue weighted by Gasteiger charge is -2.28. The minimum Gasteiger partial charge on any atom is -0.484 e. The van der Waals surface area contributed by atoms with E-state index in [4.69, 9.17) is 32.7 Å². The van der Waals surface area contributed by atoms with Crippen molar-refractivity contribution >= 4 is 35.0 Å². The number of nitrogens with one attached hydrogen (secondary N) is 2. The molecule has 2 aromatic rings. The van der Waals surface area contributed by atoms with Crippen LogP contribution in [0.15, 0.2) is 36.4 Å². The molecule has 2 amide bonds. The molecule has 0 aliphatic carbocycles. The number of amides is 2. The van der Waals surface area contributed by atoms with Crippen LogP contribution in [0.3, 0.4) is 0 Å². The van der Waals surface area contributed by atoms with Crippen molar-refractivity contribution in [3.63, 3.8) is 0 Å². The van der Waals surface area contributed by atoms with E-state index in [1.807, 2.05) is 0 Å². The van der Waals surface area contributed by atoms with Gasteiger partial charge in [0.25, 0.3) is 11.8 Å². The van der Waals surface area contributed by atoms with E-state index in [0.717, 1.165) is 6.07 Å². The number of aliphatic hydroxyl groups excluding tert-OH is 1. The fraction of sp³-hybridized carbons (Fsp3) is 0.364. The minimum absolute atomic E-state index is 0.0187. The van der Waals surface area contributed by atoms with E-state index in [1.54, 1.807) is 18.2 Å². The van der Waals surface area contributed by atoms with Crippen LogP contribution >= 0.6 is 23.2 Å². The summed E-state index contributed by atoms with van der Waals surface area (Å²) in [5.74, 6) is -0.608. The number of hydrogen-bond donors (Lipinski definition) is 3. The van der Waals surface area contributed by atoms with Crippen LogP contribution < -0.4 is 20.1 Å². The van der Waals surface area contributed by atoms with Crippen molar-refractivity contribution in [3.8, 4) is 11.5 Å². The molecule has 1 aliphatic heterocycles. The number of rotatable bonds is 9. The SMILES string of the molecule is O=C(COc1ccc(Cl)c(F)c1)NCCCCNC(=O)[C@@H]1C[C@H](O)c2cc(Cl)ccc2O1. The molecular weight excluding hydrogens is 462 g/mol. The first-order valence-electron chi connectivity index (χ1n) is 10.1. The first-order chi connectivity index (χ1) is 15.3. The fourth-order valence-corrected chi connectivity index (χ4v) is 3.45. The van der Waals surface area contributed by atoms with E-state index in [2.05, 4.69) is 10.6 Å². The van der Waals surface area contributed by atoms with E-state index in [0.29, 0.717) is 42.3 Å². The van der Waals surface area contributed by atoms with Gasteiger partial charge in [-0.15, -0.1) is 0 Å². The molecule has 0 aromatic heterocycles. The number of aliphatic hydroxyl groups is 1. The predicted octanol–water partition coefficient (Wildman–Crippen LogP) is 3.41. The third-order valence-electron chi connectivity index (χ3n) is 4.82. The molecule has 1 heterocycles. The number of ether oxygens (including phenoxy) is 2. The quantitative estimate of drug-likeness (QED) is 0.474. The fourth-order valence-electron chi connectivity index (χ4n) is 3.15. The molecule has 10 heteroatoms. The number of benzene rings is 2. The number of carbonyl (C=O) groups excluding carboxylic acids is 2. The Bertz CT molecular complexity index is 975. The maximum Gasteiger partial charge on any atom is 0.261 e. The van der Waals surface area contributed by atoms with Gasteiger partial charge in [0.2, 0.25) is 0 Å². The largest absolute Gasteiger partial charge is 0.484 e. The van der Waals surface area contributed by atoms with E-state index in [1.165, 1.54) is 12.1 Å². The molecule has 0 saturated heterocycles. The van der Waals surface area contributed by atoms with Gasteiger partial charge in [-0.25, -0.2) is 4.39 Å². The third-order valence-corrected chi connectivity index (χ3v) is 5.36. The molecule has 3 rings (SSSR count). The van der Waals surface area contributed by atoms with Crippen molar-refractivity contribution in [2.75, 3.05) is 19.7 Å². The Morgan fingerprint density at radius 3 is 2.62 bits per heavy atom. The average Bonchev–Trinajstić information content (AvgIpc) is 2.77. The molecule has 1 aliphatic rings. The molecule has 2 aromatic carbocycles. The Morgan fingerprint density at radius 1 is 1.12 bits per heavy atom. The van der Waals surface area contributed by atoms with Crippen LogP contribution in [0, 0.1) is 5.82 Å². The Hall–Kier alpha value is -2.55. The molecule has 0 unspecified atom stereocenters. The Labute approximate surface area is 194 Å². The lowest BCUT2D eigenvalue weighted by Crippen LogP contribution is -2.41. The van der Waals surface area contributed by atoms with Crippen molar-refractivity contribution < 1.29 is 28.6 Å². The molecule has 0 radical (unpaired) electrons. The summed E-state index contributed by atoms with van der Waals surface area (Å²) >= 11 is 11.5. The summed E-state index contributed by atoms with van der Waals surface area (Å²) in [4.78, 5) is 24.1. The molecular formula is C22H23Cl2FN2O5. The molecule has 0 bridgehead atoms. The second-order valence-electron chi connectivity index (χ2n) is 7.25. The predicted molar refractivity (Wildman–Crippen MR) is 118 cm³/mol. The first kappa shape index (κ1) is 24.1. The number of hydrogen-bond acceptors (Lipinski definition) is 5. The van der Waals surface area contributed by atoms with Crippen LogP contribution in [0.5, 0.6) is 11.5 Å². The van der Waals surface area contributed by atoms with Crippen molar-refractivity contribution in [2.24, 2.45) is 0 Å². The number of halogens is 3. The van der Waals surface area contributed by atoms with E-state index in [-0.39, 0.29) is 35.6 Å². The molecule has 7 nitrogen and oxygen atoms in total. The number of carbonyl (C=O) groups is 2. The highest BCUT2D eigenvalue weighted by Crippen LogP contribution is 2.36. The van der Waals surface area contributed by atoms with Gasteiger partial charge in [0, 0.05) is 36.2 Å². The highest BCUT2D eigenvalue weighted by molar-refractivity contribution is 6.31. The highest BCUT2D eigenvalue weighted by Gasteiger charge is 2.31. The zero-order valence-corrected chi connectivity index (χ0v) is 18.6. The Balaban J connectivity index is 1.29. The average molecular weight is 485 g/mol. The summed E-state index contributed by atoms with van der Waals surface area (Å²) in [6, 6.07) is 8.84. The van der Waals surface area contributed by atoms with Crippen molar-refractivity contribution in [2.45, 2.75) is 31.5 Å². The summed E-state index contributed by atoms with van der Waals surface area (Å²) in [5, 5.41) is 16.2. The monoisotopic (exact) mass is 484 g/mol. The van der Waals surface area contributed by atoms with Gasteiger partial charge in [-0.1, -0.05) is 23.2 Å². The van der Waals surface area contributed by atoms with E-state index >= 15 is 0 Å². The summed E-state index contributed by atoms with van der Waals surface area (Å²) in [7, 11) is 0. The molecule has 2 atom stereocenters. The smallest absolute Gasteiger partial charge is 0.261 e. The van der Waals surface area contributed by atoms with Gasteiger partial charge in [0.1, 0.15) is 17.3 Å². The first-order valence-corrected chi connectivity index (χ1v) is 10.9. The highest BCUT2D eigenvalue weighted by atomic mass is 35.5. The zero-order valence-electron chi connectivity index (χ0n) is 17.1. The van der Waals surface area contributed by atoms with Gasteiger partial charge in [-0.2, -0.15) is 0 Å². The number of fused-ring (bicyclic) bond motifs is 1. The van der Waals surface area contributed by atoms with Gasteiger partial charge in [-0.05, 0) is 43.2 Å². The molecule has 0 saturated carbocycles. The maximum atomic E-state index is 13.3. The summed E-state index contributed by atoms with van der Waals surface area (Å²) < 4.78 is 24.2. The summed E-state index contributed by atoms with van der Waals surface area (Å²) in [6.45, 7) is 0.560. The van der Waals surface area contributed by atoms with Crippen LogP contribution in [0.4, 0.5) is 4.39 Å². The van der Waals surface area contributed by atoms with Crippen molar-refractivity contribution in [1.29, 1.82) is 0 Å². The van der Waals surface area contributed by atoms with Crippen molar-refractivity contribution in [1.82, 2.24) is 10.6 Å². The minimum atomic E-state index is -0.824. The Morgan fingerprint density at radius 2 is 1.88 bits per heavy atom. The second-order valence-corrected chi connectivity index (χ2v) is 8.10. The molecule has 0 fully saturated rings. The van der Waals surface area contributed by atoms with Crippen LogP contribution in [-0.4, -0.2) is 42.7 Å². The van der Waals surface area contributed by atoms with Crippen LogP contribution in [-0.2, 0) is 9.59 Å². The maximum absolute atomic E-state index is 13.3. The topological polar surface area (TPSA) is 96.9 Å². The second kappa shape index (κ2) is 11.4. The third kappa shape index (κ3) is 6.72. The lowest BCUT2D eigenvalue weighted by molar-refractivity contribution is -0.130. The van der Waals surface area contributed by atoms with E-state index < -0.39 is 18.0 Å². The lowest BCUT2D eigenvalue weighted by atomic mass is 9.98. The van der Waals surface area contributed by atoms with Crippen LogP contribution in [0.2, 0.25) is 10.0 Å².